The van der Waals surface area contributed by atoms with Crippen molar-refractivity contribution in [2.75, 3.05) is 52.4 Å². The summed E-state index contributed by atoms with van der Waals surface area (Å²) in [6.07, 6.45) is 3.09. The van der Waals surface area contributed by atoms with Gasteiger partial charge in [0.2, 0.25) is 0 Å². The van der Waals surface area contributed by atoms with Crippen molar-refractivity contribution in [1.29, 1.82) is 0 Å². The van der Waals surface area contributed by atoms with Gasteiger partial charge in [0.1, 0.15) is 17.4 Å². The van der Waals surface area contributed by atoms with E-state index in [1.165, 1.54) is 0 Å². The van der Waals surface area contributed by atoms with Crippen LogP contribution in [-0.4, -0.2) is 114 Å². The Morgan fingerprint density at radius 1 is 0.757 bits per heavy atom. The SMILES string of the molecule is CCOC(=O)[C@H]1CCCC[C@H]1N1CCN(C(=O)OC(C)(C)C)C(N2CCN(C(=O)OC(C)(C)C)CC2)C1. The molecule has 0 aromatic carbocycles. The van der Waals surface area contributed by atoms with Crippen LogP contribution in [0.15, 0.2) is 0 Å². The molecule has 10 heteroatoms. The van der Waals surface area contributed by atoms with Crippen molar-refractivity contribution >= 4 is 18.2 Å². The molecule has 0 aromatic rings. The van der Waals surface area contributed by atoms with Gasteiger partial charge in [0.25, 0.3) is 0 Å². The lowest BCUT2D eigenvalue weighted by atomic mass is 9.83. The van der Waals surface area contributed by atoms with Crippen molar-refractivity contribution in [3.8, 4) is 0 Å². The number of nitrogens with zero attached hydrogens (tertiary/aromatic N) is 4. The molecule has 0 N–H and O–H groups in total. The van der Waals surface area contributed by atoms with Crippen LogP contribution in [0.4, 0.5) is 9.59 Å². The first-order valence-electron chi connectivity index (χ1n) is 13.9. The van der Waals surface area contributed by atoms with Crippen LogP contribution in [0, 0.1) is 5.92 Å². The number of carbonyl (C=O) groups is 3. The molecule has 3 atom stereocenters. The molecule has 3 fully saturated rings. The summed E-state index contributed by atoms with van der Waals surface area (Å²) in [6.45, 7) is 17.6. The molecule has 1 aliphatic carbocycles. The summed E-state index contributed by atoms with van der Waals surface area (Å²) in [6, 6.07) is 0.110. The Balaban J connectivity index is 1.74. The van der Waals surface area contributed by atoms with Crippen LogP contribution in [0.3, 0.4) is 0 Å². The largest absolute Gasteiger partial charge is 0.466 e. The van der Waals surface area contributed by atoms with Crippen LogP contribution in [-0.2, 0) is 19.0 Å². The molecule has 0 spiro atoms. The van der Waals surface area contributed by atoms with Gasteiger partial charge in [0, 0.05) is 51.9 Å². The zero-order valence-electron chi connectivity index (χ0n) is 24.0. The smallest absolute Gasteiger partial charge is 0.411 e. The van der Waals surface area contributed by atoms with Gasteiger partial charge in [0.05, 0.1) is 12.5 Å². The predicted molar refractivity (Wildman–Crippen MR) is 140 cm³/mol. The third-order valence-corrected chi connectivity index (χ3v) is 7.19. The maximum Gasteiger partial charge on any atom is 0.411 e. The molecular formula is C27H48N4O6. The first kappa shape index (κ1) is 29.5. The average Bonchev–Trinajstić information content (AvgIpc) is 2.82. The number of rotatable bonds is 4. The maximum atomic E-state index is 13.2. The van der Waals surface area contributed by atoms with E-state index in [0.29, 0.717) is 52.4 Å². The van der Waals surface area contributed by atoms with Crippen molar-refractivity contribution in [3.05, 3.63) is 0 Å². The second-order valence-corrected chi connectivity index (χ2v) is 12.4. The summed E-state index contributed by atoms with van der Waals surface area (Å²) in [5.41, 5.74) is -1.13. The normalized spacial score (nSPS) is 26.5. The molecule has 1 unspecified atom stereocenters. The number of hydrogen-bond donors (Lipinski definition) is 0. The van der Waals surface area contributed by atoms with Gasteiger partial charge in [-0.15, -0.1) is 0 Å². The predicted octanol–water partition coefficient (Wildman–Crippen LogP) is 3.54. The third kappa shape index (κ3) is 8.21. The molecule has 2 amide bonds. The third-order valence-electron chi connectivity index (χ3n) is 7.19. The standard InChI is InChI=1S/C27H48N4O6/c1-8-35-23(32)20-11-9-10-12-21(20)30-17-18-31(25(34)37-27(5,6)7)22(19-30)28-13-15-29(16-14-28)24(33)36-26(2,3)4/h20-22H,8-19H2,1-7H3/t20-,21+,22?/m0/s1. The van der Waals surface area contributed by atoms with E-state index in [9.17, 15) is 14.4 Å². The second kappa shape index (κ2) is 12.2. The summed E-state index contributed by atoms with van der Waals surface area (Å²) in [4.78, 5) is 46.8. The van der Waals surface area contributed by atoms with Crippen molar-refractivity contribution in [1.82, 2.24) is 19.6 Å². The van der Waals surface area contributed by atoms with Crippen LogP contribution >= 0.6 is 0 Å². The Kier molecular flexibility index (Phi) is 9.72. The van der Waals surface area contributed by atoms with Gasteiger partial charge >= 0.3 is 18.2 Å². The van der Waals surface area contributed by atoms with E-state index >= 15 is 0 Å². The lowest BCUT2D eigenvalue weighted by molar-refractivity contribution is -0.153. The van der Waals surface area contributed by atoms with Gasteiger partial charge in [-0.3, -0.25) is 19.5 Å². The molecular weight excluding hydrogens is 476 g/mol. The van der Waals surface area contributed by atoms with Gasteiger partial charge in [0.15, 0.2) is 0 Å². The molecule has 37 heavy (non-hydrogen) atoms. The molecule has 2 saturated heterocycles. The molecule has 212 valence electrons. The summed E-state index contributed by atoms with van der Waals surface area (Å²) >= 11 is 0. The van der Waals surface area contributed by atoms with Crippen LogP contribution in [0.25, 0.3) is 0 Å². The Labute approximate surface area is 222 Å². The zero-order valence-corrected chi connectivity index (χ0v) is 24.0. The van der Waals surface area contributed by atoms with E-state index in [1.807, 2.05) is 53.4 Å². The molecule has 3 aliphatic rings. The molecule has 0 aromatic heterocycles. The molecule has 10 nitrogen and oxygen atoms in total. The van der Waals surface area contributed by atoms with Crippen LogP contribution in [0.1, 0.15) is 74.1 Å². The van der Waals surface area contributed by atoms with E-state index in [0.717, 1.165) is 25.7 Å². The summed E-state index contributed by atoms with van der Waals surface area (Å²) in [7, 11) is 0. The van der Waals surface area contributed by atoms with E-state index in [-0.39, 0.29) is 36.3 Å². The Hall–Kier alpha value is -2.07. The highest BCUT2D eigenvalue weighted by atomic mass is 16.6. The van der Waals surface area contributed by atoms with Crippen LogP contribution in [0.5, 0.6) is 0 Å². The number of piperazine rings is 2. The summed E-state index contributed by atoms with van der Waals surface area (Å²) in [5, 5.41) is 0. The molecule has 2 heterocycles. The maximum absolute atomic E-state index is 13.2. The van der Waals surface area contributed by atoms with Crippen molar-refractivity contribution in [3.63, 3.8) is 0 Å². The molecule has 0 bridgehead atoms. The Morgan fingerprint density at radius 2 is 1.32 bits per heavy atom. The van der Waals surface area contributed by atoms with Crippen LogP contribution in [0.2, 0.25) is 0 Å². The number of esters is 1. The summed E-state index contributed by atoms with van der Waals surface area (Å²) in [5.74, 6) is -0.240. The average molecular weight is 525 g/mol. The topological polar surface area (TPSA) is 91.9 Å². The molecule has 2 aliphatic heterocycles. The minimum absolute atomic E-state index is 0.107. The lowest BCUT2D eigenvalue weighted by Crippen LogP contribution is -2.67. The minimum Gasteiger partial charge on any atom is -0.466 e. The molecule has 1 saturated carbocycles. The minimum atomic E-state index is -0.591. The monoisotopic (exact) mass is 524 g/mol. The van der Waals surface area contributed by atoms with Gasteiger partial charge in [-0.05, 0) is 61.3 Å². The van der Waals surface area contributed by atoms with Crippen molar-refractivity contribution in [2.24, 2.45) is 5.92 Å². The van der Waals surface area contributed by atoms with Crippen molar-refractivity contribution < 1.29 is 28.6 Å². The highest BCUT2D eigenvalue weighted by Crippen LogP contribution is 2.32. The molecule has 0 radical (unpaired) electrons. The van der Waals surface area contributed by atoms with E-state index < -0.39 is 11.2 Å². The summed E-state index contributed by atoms with van der Waals surface area (Å²) < 4.78 is 16.7. The second-order valence-electron chi connectivity index (χ2n) is 12.4. The first-order chi connectivity index (χ1) is 17.3. The number of amides is 2. The Bertz CT molecular complexity index is 800. The lowest BCUT2D eigenvalue weighted by Gasteiger charge is -2.51. The van der Waals surface area contributed by atoms with Gasteiger partial charge in [-0.25, -0.2) is 9.59 Å². The van der Waals surface area contributed by atoms with Crippen molar-refractivity contribution in [2.45, 2.75) is 97.6 Å². The highest BCUT2D eigenvalue weighted by molar-refractivity contribution is 5.73. The van der Waals surface area contributed by atoms with E-state index in [1.54, 1.807) is 4.90 Å². The number of hydrogen-bond acceptors (Lipinski definition) is 8. The van der Waals surface area contributed by atoms with Gasteiger partial charge in [-0.1, -0.05) is 12.8 Å². The number of ether oxygens (including phenoxy) is 3. The van der Waals surface area contributed by atoms with E-state index in [2.05, 4.69) is 9.80 Å². The highest BCUT2D eigenvalue weighted by Gasteiger charge is 2.43. The quantitative estimate of drug-likeness (QED) is 0.407. The zero-order chi connectivity index (χ0) is 27.4. The number of carbonyl (C=O) groups excluding carboxylic acids is 3. The first-order valence-corrected chi connectivity index (χ1v) is 13.9. The van der Waals surface area contributed by atoms with Crippen LogP contribution < -0.4 is 0 Å². The molecule has 3 rings (SSSR count). The fourth-order valence-electron chi connectivity index (χ4n) is 5.53. The van der Waals surface area contributed by atoms with Gasteiger partial charge in [-0.2, -0.15) is 0 Å². The Morgan fingerprint density at radius 3 is 1.92 bits per heavy atom. The van der Waals surface area contributed by atoms with Gasteiger partial charge < -0.3 is 19.1 Å². The van der Waals surface area contributed by atoms with E-state index in [4.69, 9.17) is 14.2 Å². The fourth-order valence-corrected chi connectivity index (χ4v) is 5.53. The fraction of sp³-hybridized carbons (Fsp3) is 0.889.